The maximum absolute atomic E-state index is 12.1. The smallest absolute Gasteiger partial charge is 0.244 e. The number of nitrogens with zero attached hydrogens (tertiary/aromatic N) is 2. The van der Waals surface area contributed by atoms with Gasteiger partial charge in [0.1, 0.15) is 5.52 Å². The average Bonchev–Trinajstić information content (AvgIpc) is 3.32. The molecule has 1 aliphatic heterocycles. The molecule has 0 spiro atoms. The predicted molar refractivity (Wildman–Crippen MR) is 103 cm³/mol. The molecule has 1 amide bonds. The molecule has 132 valence electrons. The minimum Gasteiger partial charge on any atom is -0.437 e. The molecule has 3 aromatic rings. The topological polar surface area (TPSA) is 58.4 Å². The Bertz CT molecular complexity index is 884. The number of aromatic nitrogens is 1. The molecule has 26 heavy (non-hydrogen) atoms. The highest BCUT2D eigenvalue weighted by Gasteiger charge is 2.22. The highest BCUT2D eigenvalue weighted by atomic mass is 16.3. The Kier molecular flexibility index (Phi) is 4.69. The highest BCUT2D eigenvalue weighted by molar-refractivity contribution is 5.91. The molecule has 0 saturated carbocycles. The Balaban J connectivity index is 1.27. The van der Waals surface area contributed by atoms with E-state index in [2.05, 4.69) is 39.5 Å². The Morgan fingerprint density at radius 2 is 2.00 bits per heavy atom. The van der Waals surface area contributed by atoms with E-state index in [0.717, 1.165) is 30.6 Å². The van der Waals surface area contributed by atoms with Gasteiger partial charge in [-0.2, -0.15) is 0 Å². The third-order valence-electron chi connectivity index (χ3n) is 4.66. The zero-order chi connectivity index (χ0) is 17.8. The van der Waals surface area contributed by atoms with E-state index >= 15 is 0 Å². The first-order chi connectivity index (χ1) is 12.8. The lowest BCUT2D eigenvalue weighted by Gasteiger charge is -2.18. The van der Waals surface area contributed by atoms with Crippen molar-refractivity contribution in [3.05, 3.63) is 66.6 Å². The molecule has 1 fully saturated rings. The first-order valence-corrected chi connectivity index (χ1v) is 8.89. The van der Waals surface area contributed by atoms with Crippen molar-refractivity contribution in [3.63, 3.8) is 0 Å². The summed E-state index contributed by atoms with van der Waals surface area (Å²) in [6.07, 6.45) is 4.18. The average molecular weight is 347 g/mol. The molecular formula is C21H21N3O2. The van der Waals surface area contributed by atoms with Gasteiger partial charge >= 0.3 is 0 Å². The quantitative estimate of drug-likeness (QED) is 0.718. The number of carbonyl (C=O) groups excluding carboxylic acids is 1. The fraction of sp³-hybridized carbons (Fsp3) is 0.238. The lowest BCUT2D eigenvalue weighted by molar-refractivity contribution is -0.116. The van der Waals surface area contributed by atoms with Gasteiger partial charge in [-0.15, -0.1) is 0 Å². The Morgan fingerprint density at radius 1 is 1.19 bits per heavy atom. The molecule has 1 N–H and O–H groups in total. The van der Waals surface area contributed by atoms with Crippen LogP contribution in [0, 0.1) is 5.92 Å². The number of rotatable bonds is 5. The van der Waals surface area contributed by atoms with Crippen molar-refractivity contribution in [2.24, 2.45) is 5.92 Å². The van der Waals surface area contributed by atoms with Crippen molar-refractivity contribution in [3.8, 4) is 0 Å². The first-order valence-electron chi connectivity index (χ1n) is 8.89. The largest absolute Gasteiger partial charge is 0.437 e. The lowest BCUT2D eigenvalue weighted by Crippen LogP contribution is -2.29. The lowest BCUT2D eigenvalue weighted by atomic mass is 10.1. The third kappa shape index (κ3) is 3.77. The summed E-state index contributed by atoms with van der Waals surface area (Å²) in [6.45, 7) is 2.68. The van der Waals surface area contributed by atoms with E-state index in [9.17, 15) is 4.79 Å². The molecule has 5 heteroatoms. The number of carbonyl (C=O) groups is 1. The maximum atomic E-state index is 12.1. The minimum absolute atomic E-state index is 0.120. The van der Waals surface area contributed by atoms with Gasteiger partial charge in [0.05, 0.1) is 0 Å². The second-order valence-corrected chi connectivity index (χ2v) is 6.53. The number of anilines is 1. The maximum Gasteiger partial charge on any atom is 0.244 e. The van der Waals surface area contributed by atoms with Crippen LogP contribution in [0.4, 0.5) is 5.69 Å². The van der Waals surface area contributed by atoms with Crippen molar-refractivity contribution in [1.82, 2.24) is 10.3 Å². The van der Waals surface area contributed by atoms with E-state index in [0.29, 0.717) is 18.4 Å². The van der Waals surface area contributed by atoms with Gasteiger partial charge in [0.25, 0.3) is 0 Å². The van der Waals surface area contributed by atoms with Crippen molar-refractivity contribution in [2.45, 2.75) is 6.42 Å². The fourth-order valence-electron chi connectivity index (χ4n) is 3.28. The number of nitrogens with one attached hydrogen (secondary N) is 1. The summed E-state index contributed by atoms with van der Waals surface area (Å²) >= 11 is 0. The summed E-state index contributed by atoms with van der Waals surface area (Å²) in [7, 11) is 0. The van der Waals surface area contributed by atoms with Crippen molar-refractivity contribution < 1.29 is 9.21 Å². The van der Waals surface area contributed by atoms with Crippen LogP contribution >= 0.6 is 0 Å². The number of hydrogen-bond donors (Lipinski definition) is 1. The van der Waals surface area contributed by atoms with E-state index in [4.69, 9.17) is 4.42 Å². The molecule has 0 aliphatic carbocycles. The standard InChI is InChI=1S/C21H21N3O2/c25-20(10-11-21-23-18-8-4-5-9-19(18)26-21)22-14-16-12-13-24(15-16)17-6-2-1-3-7-17/h1-11,16H,12-15H2,(H,22,25)/b11-10+/t16-/m0/s1. The van der Waals surface area contributed by atoms with Crippen LogP contribution in [0.5, 0.6) is 0 Å². The van der Waals surface area contributed by atoms with E-state index in [1.807, 2.05) is 30.3 Å². The molecule has 2 aromatic carbocycles. The van der Waals surface area contributed by atoms with Gasteiger partial charge < -0.3 is 14.6 Å². The number of hydrogen-bond acceptors (Lipinski definition) is 4. The van der Waals surface area contributed by atoms with Gasteiger partial charge in [0.15, 0.2) is 5.58 Å². The zero-order valence-corrected chi connectivity index (χ0v) is 14.5. The molecule has 1 aromatic heterocycles. The van der Waals surface area contributed by atoms with Crippen molar-refractivity contribution in [2.75, 3.05) is 24.5 Å². The highest BCUT2D eigenvalue weighted by Crippen LogP contribution is 2.23. The van der Waals surface area contributed by atoms with E-state index in [1.54, 1.807) is 6.08 Å². The van der Waals surface area contributed by atoms with Gasteiger partial charge in [0.2, 0.25) is 11.8 Å². The summed E-state index contributed by atoms with van der Waals surface area (Å²) < 4.78 is 5.57. The molecule has 4 rings (SSSR count). The van der Waals surface area contributed by atoms with Crippen molar-refractivity contribution in [1.29, 1.82) is 0 Å². The second-order valence-electron chi connectivity index (χ2n) is 6.53. The molecule has 5 nitrogen and oxygen atoms in total. The van der Waals surface area contributed by atoms with Crippen LogP contribution < -0.4 is 10.2 Å². The van der Waals surface area contributed by atoms with E-state index in [-0.39, 0.29) is 5.91 Å². The van der Waals surface area contributed by atoms with Crippen LogP contribution in [0.15, 0.2) is 65.1 Å². The Hall–Kier alpha value is -3.08. The van der Waals surface area contributed by atoms with Crippen LogP contribution in [-0.2, 0) is 4.79 Å². The van der Waals surface area contributed by atoms with Gasteiger partial charge in [-0.1, -0.05) is 30.3 Å². The van der Waals surface area contributed by atoms with E-state index in [1.165, 1.54) is 11.8 Å². The molecule has 0 radical (unpaired) electrons. The molecule has 0 bridgehead atoms. The zero-order valence-electron chi connectivity index (χ0n) is 14.5. The molecular weight excluding hydrogens is 326 g/mol. The van der Waals surface area contributed by atoms with Crippen LogP contribution in [0.2, 0.25) is 0 Å². The van der Waals surface area contributed by atoms with Crippen LogP contribution in [0.3, 0.4) is 0 Å². The molecule has 0 unspecified atom stereocenters. The normalized spacial score (nSPS) is 17.2. The number of amides is 1. The monoisotopic (exact) mass is 347 g/mol. The molecule has 1 atom stereocenters. The van der Waals surface area contributed by atoms with Crippen LogP contribution in [-0.4, -0.2) is 30.5 Å². The number of benzene rings is 2. The summed E-state index contributed by atoms with van der Waals surface area (Å²) in [5, 5.41) is 2.98. The summed E-state index contributed by atoms with van der Waals surface area (Å²) in [4.78, 5) is 18.8. The van der Waals surface area contributed by atoms with Crippen LogP contribution in [0.25, 0.3) is 17.2 Å². The first kappa shape index (κ1) is 16.4. The fourth-order valence-corrected chi connectivity index (χ4v) is 3.28. The summed E-state index contributed by atoms with van der Waals surface area (Å²) in [5.74, 6) is 0.791. The van der Waals surface area contributed by atoms with E-state index < -0.39 is 0 Å². The number of fused-ring (bicyclic) bond motifs is 1. The van der Waals surface area contributed by atoms with Crippen LogP contribution in [0.1, 0.15) is 12.3 Å². The summed E-state index contributed by atoms with van der Waals surface area (Å²) in [6, 6.07) is 17.9. The van der Waals surface area contributed by atoms with Gasteiger partial charge in [0, 0.05) is 37.5 Å². The SMILES string of the molecule is O=C(/C=C/c1nc2ccccc2o1)NC[C@@H]1CCN(c2ccccc2)C1. The van der Waals surface area contributed by atoms with Crippen molar-refractivity contribution >= 4 is 28.8 Å². The molecule has 2 heterocycles. The number of para-hydroxylation sites is 3. The third-order valence-corrected chi connectivity index (χ3v) is 4.66. The predicted octanol–water partition coefficient (Wildman–Crippen LogP) is 3.48. The Labute approximate surface area is 152 Å². The molecule has 1 saturated heterocycles. The summed E-state index contributed by atoms with van der Waals surface area (Å²) in [5.41, 5.74) is 2.76. The van der Waals surface area contributed by atoms with Gasteiger partial charge in [-0.05, 0) is 36.6 Å². The molecule has 1 aliphatic rings. The second kappa shape index (κ2) is 7.44. The Morgan fingerprint density at radius 3 is 2.85 bits per heavy atom. The minimum atomic E-state index is -0.120. The number of oxazole rings is 1. The van der Waals surface area contributed by atoms with Gasteiger partial charge in [-0.25, -0.2) is 4.98 Å². The van der Waals surface area contributed by atoms with Gasteiger partial charge in [-0.3, -0.25) is 4.79 Å².